The number of thioether (sulfide) groups is 1. The van der Waals surface area contributed by atoms with Crippen LogP contribution >= 0.6 is 23.4 Å². The smallest absolute Gasteiger partial charge is 0.237 e. The molecule has 92 valence electrons. The highest BCUT2D eigenvalue weighted by atomic mass is 35.5. The van der Waals surface area contributed by atoms with E-state index in [1.165, 1.54) is 0 Å². The van der Waals surface area contributed by atoms with Crippen molar-refractivity contribution in [3.63, 3.8) is 0 Å². The van der Waals surface area contributed by atoms with Crippen molar-refractivity contribution in [3.05, 3.63) is 35.2 Å². The summed E-state index contributed by atoms with van der Waals surface area (Å²) in [6.07, 6.45) is 0.898. The highest BCUT2D eigenvalue weighted by Gasteiger charge is 2.21. The molecule has 2 heterocycles. The van der Waals surface area contributed by atoms with Crippen LogP contribution in [-0.4, -0.2) is 15.7 Å². The number of benzene rings is 1. The Kier molecular flexibility index (Phi) is 3.01. The summed E-state index contributed by atoms with van der Waals surface area (Å²) in [5.41, 5.74) is 7.32. The van der Waals surface area contributed by atoms with E-state index in [1.54, 1.807) is 23.9 Å². The van der Waals surface area contributed by atoms with E-state index in [0.29, 0.717) is 17.3 Å². The number of aromatic nitrogens is 2. The molecule has 0 radical (unpaired) electrons. The number of fused-ring (bicyclic) bond motifs is 1. The molecule has 6 heteroatoms. The number of nitrogens with zero attached hydrogens (tertiary/aromatic N) is 2. The van der Waals surface area contributed by atoms with Gasteiger partial charge >= 0.3 is 0 Å². The van der Waals surface area contributed by atoms with Gasteiger partial charge in [0.15, 0.2) is 0 Å². The van der Waals surface area contributed by atoms with E-state index >= 15 is 0 Å². The average molecular weight is 280 g/mol. The highest BCUT2D eigenvalue weighted by molar-refractivity contribution is 7.99. The average Bonchev–Trinajstić information content (AvgIpc) is 2.77. The summed E-state index contributed by atoms with van der Waals surface area (Å²) in [5, 5.41) is 0.218. The zero-order valence-corrected chi connectivity index (χ0v) is 11.0. The molecule has 1 aliphatic heterocycles. The second kappa shape index (κ2) is 4.66. The summed E-state index contributed by atoms with van der Waals surface area (Å²) in [5.74, 6) is 2.15. The van der Waals surface area contributed by atoms with E-state index in [-0.39, 0.29) is 5.28 Å². The van der Waals surface area contributed by atoms with Crippen molar-refractivity contribution >= 4 is 29.1 Å². The molecule has 0 bridgehead atoms. The van der Waals surface area contributed by atoms with Gasteiger partial charge < -0.3 is 10.5 Å². The Labute approximate surface area is 114 Å². The van der Waals surface area contributed by atoms with Gasteiger partial charge in [-0.2, -0.15) is 4.98 Å². The molecule has 2 aromatic rings. The Hall–Kier alpha value is -1.46. The number of nitrogens with two attached hydrogens (primary N) is 1. The lowest BCUT2D eigenvalue weighted by molar-refractivity contribution is 0.447. The zero-order chi connectivity index (χ0) is 12.5. The number of ether oxygens (including phenoxy) is 1. The van der Waals surface area contributed by atoms with Crippen molar-refractivity contribution in [2.24, 2.45) is 0 Å². The van der Waals surface area contributed by atoms with Gasteiger partial charge in [0.2, 0.25) is 11.2 Å². The fourth-order valence-electron chi connectivity index (χ4n) is 1.77. The first-order valence-corrected chi connectivity index (χ1v) is 6.81. The lowest BCUT2D eigenvalue weighted by Crippen LogP contribution is -1.96. The van der Waals surface area contributed by atoms with E-state index in [9.17, 15) is 0 Å². The molecule has 0 aliphatic carbocycles. The van der Waals surface area contributed by atoms with Gasteiger partial charge in [-0.3, -0.25) is 0 Å². The summed E-state index contributed by atoms with van der Waals surface area (Å²) >= 11 is 7.58. The van der Waals surface area contributed by atoms with Crippen molar-refractivity contribution in [3.8, 4) is 11.6 Å². The van der Waals surface area contributed by atoms with Crippen LogP contribution < -0.4 is 10.5 Å². The van der Waals surface area contributed by atoms with Crippen LogP contribution in [0.3, 0.4) is 0 Å². The van der Waals surface area contributed by atoms with Crippen LogP contribution in [0.15, 0.2) is 29.2 Å². The maximum atomic E-state index is 5.89. The van der Waals surface area contributed by atoms with Crippen molar-refractivity contribution in [1.82, 2.24) is 9.97 Å². The molecule has 3 rings (SSSR count). The molecule has 0 saturated heterocycles. The lowest BCUT2D eigenvalue weighted by Gasteiger charge is -2.09. The summed E-state index contributed by atoms with van der Waals surface area (Å²) in [6.45, 7) is 0. The van der Waals surface area contributed by atoms with Gasteiger partial charge in [0, 0.05) is 23.9 Å². The Bertz CT molecular complexity index is 606. The minimum Gasteiger partial charge on any atom is -0.438 e. The molecule has 2 N–H and O–H groups in total. The van der Waals surface area contributed by atoms with Gasteiger partial charge in [-0.1, -0.05) is 6.07 Å². The van der Waals surface area contributed by atoms with E-state index in [1.807, 2.05) is 12.1 Å². The number of rotatable bonds is 2. The summed E-state index contributed by atoms with van der Waals surface area (Å²) in [7, 11) is 0. The van der Waals surface area contributed by atoms with Crippen LogP contribution in [0.1, 0.15) is 5.69 Å². The molecular formula is C12H10ClN3OS. The Morgan fingerprint density at radius 2 is 2.22 bits per heavy atom. The third kappa shape index (κ3) is 2.23. The van der Waals surface area contributed by atoms with E-state index in [0.717, 1.165) is 22.8 Å². The third-order valence-electron chi connectivity index (χ3n) is 2.54. The van der Waals surface area contributed by atoms with Crippen LogP contribution in [0.4, 0.5) is 5.69 Å². The number of aryl methyl sites for hydroxylation is 1. The molecule has 0 amide bonds. The first-order valence-electron chi connectivity index (χ1n) is 5.45. The molecular weight excluding hydrogens is 270 g/mol. The molecule has 4 nitrogen and oxygen atoms in total. The Balaban J connectivity index is 1.98. The second-order valence-electron chi connectivity index (χ2n) is 3.85. The molecule has 0 atom stereocenters. The number of hydrogen-bond acceptors (Lipinski definition) is 5. The first-order chi connectivity index (χ1) is 8.72. The normalized spacial score (nSPS) is 13.4. The number of anilines is 1. The van der Waals surface area contributed by atoms with Crippen LogP contribution in [0.25, 0.3) is 0 Å². The molecule has 1 aromatic carbocycles. The minimum atomic E-state index is 0.218. The molecule has 1 aliphatic rings. The van der Waals surface area contributed by atoms with Crippen molar-refractivity contribution < 1.29 is 4.74 Å². The van der Waals surface area contributed by atoms with Crippen molar-refractivity contribution in [2.75, 3.05) is 11.5 Å². The number of hydrogen-bond donors (Lipinski definition) is 1. The van der Waals surface area contributed by atoms with Gasteiger partial charge in [-0.25, -0.2) is 4.98 Å². The quantitative estimate of drug-likeness (QED) is 0.676. The van der Waals surface area contributed by atoms with Crippen molar-refractivity contribution in [2.45, 2.75) is 11.3 Å². The van der Waals surface area contributed by atoms with Gasteiger partial charge in [-0.15, -0.1) is 11.8 Å². The van der Waals surface area contributed by atoms with Gasteiger partial charge in [0.1, 0.15) is 5.75 Å². The maximum absolute atomic E-state index is 5.89. The molecule has 0 unspecified atom stereocenters. The second-order valence-corrected chi connectivity index (χ2v) is 5.29. The largest absolute Gasteiger partial charge is 0.438 e. The monoisotopic (exact) mass is 279 g/mol. The molecule has 0 fully saturated rings. The first kappa shape index (κ1) is 11.6. The van der Waals surface area contributed by atoms with Crippen LogP contribution in [0.2, 0.25) is 5.28 Å². The lowest BCUT2D eigenvalue weighted by atomic mass is 10.3. The standard InChI is InChI=1S/C12H10ClN3OS/c13-12-15-9-4-5-18-10(9)11(16-12)17-8-3-1-2-7(14)6-8/h1-3,6H,4-5,14H2. The summed E-state index contributed by atoms with van der Waals surface area (Å²) in [6, 6.07) is 7.22. The Morgan fingerprint density at radius 1 is 1.33 bits per heavy atom. The number of nitrogen functional groups attached to an aromatic ring is 1. The molecule has 0 saturated carbocycles. The highest BCUT2D eigenvalue weighted by Crippen LogP contribution is 2.39. The summed E-state index contributed by atoms with van der Waals surface area (Å²) in [4.78, 5) is 9.32. The Morgan fingerprint density at radius 3 is 3.06 bits per heavy atom. The fourth-order valence-corrected chi connectivity index (χ4v) is 2.97. The van der Waals surface area contributed by atoms with Gasteiger partial charge in [0.25, 0.3) is 0 Å². The van der Waals surface area contributed by atoms with Crippen LogP contribution in [0.5, 0.6) is 11.6 Å². The predicted octanol–water partition coefficient (Wildman–Crippen LogP) is 3.15. The zero-order valence-electron chi connectivity index (χ0n) is 9.39. The minimum absolute atomic E-state index is 0.218. The fraction of sp³-hybridized carbons (Fsp3) is 0.167. The van der Waals surface area contributed by atoms with E-state index in [2.05, 4.69) is 9.97 Å². The van der Waals surface area contributed by atoms with E-state index < -0.39 is 0 Å². The SMILES string of the molecule is Nc1cccc(Oc2nc(Cl)nc3c2SCC3)c1. The third-order valence-corrected chi connectivity index (χ3v) is 3.81. The van der Waals surface area contributed by atoms with Gasteiger partial charge in [0.05, 0.1) is 10.6 Å². The van der Waals surface area contributed by atoms with Gasteiger partial charge in [-0.05, 0) is 23.7 Å². The summed E-state index contributed by atoms with van der Waals surface area (Å²) < 4.78 is 5.75. The molecule has 0 spiro atoms. The molecule has 18 heavy (non-hydrogen) atoms. The maximum Gasteiger partial charge on any atom is 0.237 e. The topological polar surface area (TPSA) is 61.0 Å². The van der Waals surface area contributed by atoms with Crippen molar-refractivity contribution in [1.29, 1.82) is 0 Å². The van der Waals surface area contributed by atoms with Crippen LogP contribution in [0, 0.1) is 0 Å². The van der Waals surface area contributed by atoms with Crippen LogP contribution in [-0.2, 0) is 6.42 Å². The van der Waals surface area contributed by atoms with E-state index in [4.69, 9.17) is 22.1 Å². The molecule has 1 aromatic heterocycles. The predicted molar refractivity (Wildman–Crippen MR) is 72.4 cm³/mol. The number of halogens is 1.